The molecule has 1 heterocycles. The molecule has 0 spiro atoms. The number of aryl methyl sites for hydroxylation is 1. The first-order chi connectivity index (χ1) is 11.5. The van der Waals surface area contributed by atoms with Crippen LogP contribution in [0.3, 0.4) is 0 Å². The van der Waals surface area contributed by atoms with Gasteiger partial charge in [-0.05, 0) is 44.7 Å². The molecule has 2 rings (SSSR count). The van der Waals surface area contributed by atoms with Gasteiger partial charge in [0.2, 0.25) is 0 Å². The SMILES string of the molecule is CCCOc1cc(C)ccc1CNC(=O)N1CCCC(C(C)O)C1. The molecule has 2 unspecified atom stereocenters. The predicted octanol–water partition coefficient (Wildman–Crippen LogP) is 3.09. The highest BCUT2D eigenvalue weighted by molar-refractivity contribution is 5.74. The molecular formula is C19H30N2O3. The molecule has 134 valence electrons. The molecule has 1 aliphatic rings. The van der Waals surface area contributed by atoms with Crippen molar-refractivity contribution in [2.24, 2.45) is 5.92 Å². The quantitative estimate of drug-likeness (QED) is 0.840. The van der Waals surface area contributed by atoms with E-state index >= 15 is 0 Å². The van der Waals surface area contributed by atoms with Gasteiger partial charge in [-0.1, -0.05) is 19.1 Å². The van der Waals surface area contributed by atoms with Gasteiger partial charge in [0.05, 0.1) is 12.7 Å². The van der Waals surface area contributed by atoms with Gasteiger partial charge in [0, 0.05) is 31.1 Å². The van der Waals surface area contributed by atoms with E-state index in [4.69, 9.17) is 4.74 Å². The van der Waals surface area contributed by atoms with E-state index in [2.05, 4.69) is 12.2 Å². The van der Waals surface area contributed by atoms with Crippen LogP contribution < -0.4 is 10.1 Å². The Hall–Kier alpha value is -1.75. The van der Waals surface area contributed by atoms with E-state index in [1.165, 1.54) is 0 Å². The van der Waals surface area contributed by atoms with Gasteiger partial charge in [-0.15, -0.1) is 0 Å². The molecule has 24 heavy (non-hydrogen) atoms. The third kappa shape index (κ3) is 5.13. The summed E-state index contributed by atoms with van der Waals surface area (Å²) in [4.78, 5) is 14.2. The van der Waals surface area contributed by atoms with E-state index in [1.54, 1.807) is 6.92 Å². The van der Waals surface area contributed by atoms with Crippen LogP contribution in [0, 0.1) is 12.8 Å². The average Bonchev–Trinajstić information content (AvgIpc) is 2.58. The zero-order chi connectivity index (χ0) is 17.5. The van der Waals surface area contributed by atoms with Gasteiger partial charge in [-0.25, -0.2) is 4.79 Å². The first-order valence-electron chi connectivity index (χ1n) is 8.94. The Bertz CT molecular complexity index is 545. The standard InChI is InChI=1S/C19H30N2O3/c1-4-10-24-18-11-14(2)7-8-16(18)12-20-19(23)21-9-5-6-17(13-21)15(3)22/h7-8,11,15,17,22H,4-6,9-10,12-13H2,1-3H3,(H,20,23). The second-order valence-electron chi connectivity index (χ2n) is 6.71. The van der Waals surface area contributed by atoms with Crippen LogP contribution in [0.4, 0.5) is 4.79 Å². The lowest BCUT2D eigenvalue weighted by atomic mass is 9.94. The van der Waals surface area contributed by atoms with Crippen LogP contribution >= 0.6 is 0 Å². The lowest BCUT2D eigenvalue weighted by molar-refractivity contribution is 0.0738. The second-order valence-corrected chi connectivity index (χ2v) is 6.71. The average molecular weight is 334 g/mol. The number of carbonyl (C=O) groups excluding carboxylic acids is 1. The van der Waals surface area contributed by atoms with Crippen LogP contribution in [0.15, 0.2) is 18.2 Å². The fourth-order valence-electron chi connectivity index (χ4n) is 3.03. The van der Waals surface area contributed by atoms with E-state index in [1.807, 2.05) is 30.0 Å². The molecule has 5 nitrogen and oxygen atoms in total. The summed E-state index contributed by atoms with van der Waals surface area (Å²) >= 11 is 0. The largest absolute Gasteiger partial charge is 0.493 e. The molecular weight excluding hydrogens is 304 g/mol. The summed E-state index contributed by atoms with van der Waals surface area (Å²) in [5.41, 5.74) is 2.14. The molecule has 1 saturated heterocycles. The summed E-state index contributed by atoms with van der Waals surface area (Å²) in [5, 5.41) is 12.7. The van der Waals surface area contributed by atoms with Crippen LogP contribution in [0.5, 0.6) is 5.75 Å². The monoisotopic (exact) mass is 334 g/mol. The van der Waals surface area contributed by atoms with Gasteiger partial charge in [0.1, 0.15) is 5.75 Å². The summed E-state index contributed by atoms with van der Waals surface area (Å²) < 4.78 is 5.80. The summed E-state index contributed by atoms with van der Waals surface area (Å²) in [5.74, 6) is 1.02. The van der Waals surface area contributed by atoms with Crippen molar-refractivity contribution in [3.63, 3.8) is 0 Å². The van der Waals surface area contributed by atoms with Crippen molar-refractivity contribution in [2.75, 3.05) is 19.7 Å². The number of likely N-dealkylation sites (tertiary alicyclic amines) is 1. The third-order valence-corrected chi connectivity index (χ3v) is 4.54. The number of aliphatic hydroxyl groups is 1. The Morgan fingerprint density at radius 2 is 2.29 bits per heavy atom. The Labute approximate surface area is 145 Å². The number of urea groups is 1. The molecule has 0 saturated carbocycles. The molecule has 1 aromatic carbocycles. The zero-order valence-corrected chi connectivity index (χ0v) is 15.0. The minimum absolute atomic E-state index is 0.0673. The Morgan fingerprint density at radius 3 is 3.00 bits per heavy atom. The fourth-order valence-corrected chi connectivity index (χ4v) is 3.03. The highest BCUT2D eigenvalue weighted by Crippen LogP contribution is 2.22. The van der Waals surface area contributed by atoms with Crippen molar-refractivity contribution in [1.29, 1.82) is 0 Å². The summed E-state index contributed by atoms with van der Waals surface area (Å²) in [6.07, 6.45) is 2.51. The molecule has 1 aliphatic heterocycles. The minimum atomic E-state index is -0.369. The Kier molecular flexibility index (Phi) is 6.91. The summed E-state index contributed by atoms with van der Waals surface area (Å²) in [6.45, 7) is 8.41. The number of nitrogens with zero attached hydrogens (tertiary/aromatic N) is 1. The van der Waals surface area contributed by atoms with Gasteiger partial charge in [0.15, 0.2) is 0 Å². The molecule has 5 heteroatoms. The number of amides is 2. The zero-order valence-electron chi connectivity index (χ0n) is 15.0. The fraction of sp³-hybridized carbons (Fsp3) is 0.632. The number of carbonyl (C=O) groups is 1. The van der Waals surface area contributed by atoms with Gasteiger partial charge in [-0.3, -0.25) is 0 Å². The van der Waals surface area contributed by atoms with Crippen LogP contribution in [-0.2, 0) is 6.54 Å². The number of hydrogen-bond acceptors (Lipinski definition) is 3. The molecule has 0 radical (unpaired) electrons. The van der Waals surface area contributed by atoms with Crippen molar-refractivity contribution < 1.29 is 14.6 Å². The van der Waals surface area contributed by atoms with E-state index in [9.17, 15) is 9.90 Å². The number of ether oxygens (including phenoxy) is 1. The van der Waals surface area contributed by atoms with Gasteiger partial charge < -0.3 is 20.1 Å². The first kappa shape index (κ1) is 18.6. The smallest absolute Gasteiger partial charge is 0.317 e. The molecule has 1 aromatic rings. The number of piperidine rings is 1. The number of aliphatic hydroxyl groups excluding tert-OH is 1. The van der Waals surface area contributed by atoms with Crippen LogP contribution in [0.1, 0.15) is 44.2 Å². The second kappa shape index (κ2) is 8.92. The van der Waals surface area contributed by atoms with Gasteiger partial charge >= 0.3 is 6.03 Å². The van der Waals surface area contributed by atoms with Crippen LogP contribution in [-0.4, -0.2) is 41.8 Å². The van der Waals surface area contributed by atoms with E-state index in [0.717, 1.165) is 42.7 Å². The maximum absolute atomic E-state index is 12.4. The van der Waals surface area contributed by atoms with Crippen molar-refractivity contribution in [3.8, 4) is 5.75 Å². The topological polar surface area (TPSA) is 61.8 Å². The van der Waals surface area contributed by atoms with Gasteiger partial charge in [0.25, 0.3) is 0 Å². The number of nitrogens with one attached hydrogen (secondary N) is 1. The van der Waals surface area contributed by atoms with E-state index < -0.39 is 0 Å². The predicted molar refractivity (Wildman–Crippen MR) is 95.2 cm³/mol. The molecule has 2 N–H and O–H groups in total. The van der Waals surface area contributed by atoms with Crippen LogP contribution in [0.25, 0.3) is 0 Å². The maximum Gasteiger partial charge on any atom is 0.317 e. The lowest BCUT2D eigenvalue weighted by Gasteiger charge is -2.34. The third-order valence-electron chi connectivity index (χ3n) is 4.54. The van der Waals surface area contributed by atoms with E-state index in [-0.39, 0.29) is 18.1 Å². The van der Waals surface area contributed by atoms with Gasteiger partial charge in [-0.2, -0.15) is 0 Å². The summed E-state index contributed by atoms with van der Waals surface area (Å²) in [6, 6.07) is 5.99. The van der Waals surface area contributed by atoms with Crippen LogP contribution in [0.2, 0.25) is 0 Å². The van der Waals surface area contributed by atoms with Crippen molar-refractivity contribution >= 4 is 6.03 Å². The first-order valence-corrected chi connectivity index (χ1v) is 8.94. The van der Waals surface area contributed by atoms with Crippen molar-refractivity contribution in [3.05, 3.63) is 29.3 Å². The van der Waals surface area contributed by atoms with Crippen molar-refractivity contribution in [1.82, 2.24) is 10.2 Å². The lowest BCUT2D eigenvalue weighted by Crippen LogP contribution is -2.47. The van der Waals surface area contributed by atoms with E-state index in [0.29, 0.717) is 19.7 Å². The van der Waals surface area contributed by atoms with Crippen molar-refractivity contribution in [2.45, 2.75) is 52.7 Å². The molecule has 1 fully saturated rings. The number of benzene rings is 1. The molecule has 0 aliphatic carbocycles. The highest BCUT2D eigenvalue weighted by Gasteiger charge is 2.26. The maximum atomic E-state index is 12.4. The Morgan fingerprint density at radius 1 is 1.50 bits per heavy atom. The molecule has 2 atom stereocenters. The summed E-state index contributed by atoms with van der Waals surface area (Å²) in [7, 11) is 0. The highest BCUT2D eigenvalue weighted by atomic mass is 16.5. The Balaban J connectivity index is 1.93. The minimum Gasteiger partial charge on any atom is -0.493 e. The number of hydrogen-bond donors (Lipinski definition) is 2. The molecule has 2 amide bonds. The molecule has 0 aromatic heterocycles. The molecule has 0 bridgehead atoms. The normalized spacial score (nSPS) is 19.0. The number of rotatable bonds is 6.